The Hall–Kier alpha value is -3.01. The highest BCUT2D eigenvalue weighted by atomic mass is 35.5. The van der Waals surface area contributed by atoms with E-state index in [9.17, 15) is 18.0 Å². The molecule has 1 N–H and O–H groups in total. The van der Waals surface area contributed by atoms with Gasteiger partial charge >= 0.3 is 0 Å². The summed E-state index contributed by atoms with van der Waals surface area (Å²) in [5.41, 5.74) is 2.02. The van der Waals surface area contributed by atoms with Gasteiger partial charge in [-0.05, 0) is 74.2 Å². The molecule has 0 bridgehead atoms. The van der Waals surface area contributed by atoms with Crippen LogP contribution in [-0.4, -0.2) is 51.0 Å². The molecule has 0 heterocycles. The van der Waals surface area contributed by atoms with Gasteiger partial charge in [-0.3, -0.25) is 13.9 Å². The molecule has 0 saturated heterocycles. The van der Waals surface area contributed by atoms with Crippen LogP contribution >= 0.6 is 23.4 Å². The molecule has 7 nitrogen and oxygen atoms in total. The average Bonchev–Trinajstić information content (AvgIpc) is 2.90. The summed E-state index contributed by atoms with van der Waals surface area (Å²) in [5.74, 6) is -0.895. The molecular weight excluding hydrogens is 530 g/mol. The molecule has 0 unspecified atom stereocenters. The van der Waals surface area contributed by atoms with Crippen molar-refractivity contribution in [1.82, 2.24) is 10.2 Å². The van der Waals surface area contributed by atoms with Crippen molar-refractivity contribution in [2.75, 3.05) is 24.2 Å². The van der Waals surface area contributed by atoms with E-state index in [1.807, 2.05) is 13.2 Å². The van der Waals surface area contributed by atoms with Crippen LogP contribution in [-0.2, 0) is 26.2 Å². The van der Waals surface area contributed by atoms with Crippen molar-refractivity contribution in [3.05, 3.63) is 88.9 Å². The van der Waals surface area contributed by atoms with Crippen LogP contribution in [0.2, 0.25) is 5.02 Å². The summed E-state index contributed by atoms with van der Waals surface area (Å²) in [6, 6.07) is 19.6. The standard InChI is InChI=1S/C27H30ClN3O4S2/c1-19-8-10-23(11-9-19)31(37(34,35)25-14-12-24(36-4)13-15-25)18-26(32)30(20(2)27(33)29-3)17-21-6-5-7-22(28)16-21/h5-16,20H,17-18H2,1-4H3,(H,29,33)/t20-/m0/s1. The van der Waals surface area contributed by atoms with E-state index in [1.165, 1.54) is 35.8 Å². The molecular formula is C27H30ClN3O4S2. The summed E-state index contributed by atoms with van der Waals surface area (Å²) >= 11 is 7.63. The maximum absolute atomic E-state index is 13.8. The van der Waals surface area contributed by atoms with Crippen molar-refractivity contribution >= 4 is 50.9 Å². The van der Waals surface area contributed by atoms with Crippen LogP contribution in [0.3, 0.4) is 0 Å². The molecule has 0 radical (unpaired) electrons. The van der Waals surface area contributed by atoms with E-state index in [0.717, 1.165) is 14.8 Å². The number of carbonyl (C=O) groups is 2. The van der Waals surface area contributed by atoms with Crippen molar-refractivity contribution in [1.29, 1.82) is 0 Å². The van der Waals surface area contributed by atoms with Gasteiger partial charge in [-0.1, -0.05) is 41.4 Å². The summed E-state index contributed by atoms with van der Waals surface area (Å²) in [5, 5.41) is 3.06. The first-order valence-corrected chi connectivity index (χ1v) is 14.6. The lowest BCUT2D eigenvalue weighted by atomic mass is 10.1. The summed E-state index contributed by atoms with van der Waals surface area (Å²) < 4.78 is 28.7. The van der Waals surface area contributed by atoms with E-state index in [1.54, 1.807) is 67.6 Å². The zero-order valence-electron chi connectivity index (χ0n) is 21.1. The molecule has 10 heteroatoms. The minimum absolute atomic E-state index is 0.0689. The van der Waals surface area contributed by atoms with Gasteiger partial charge < -0.3 is 10.2 Å². The predicted octanol–water partition coefficient (Wildman–Crippen LogP) is 4.73. The Balaban J connectivity index is 2.02. The largest absolute Gasteiger partial charge is 0.357 e. The van der Waals surface area contributed by atoms with Gasteiger partial charge in [-0.15, -0.1) is 11.8 Å². The van der Waals surface area contributed by atoms with Gasteiger partial charge in [0.1, 0.15) is 12.6 Å². The number of nitrogens with one attached hydrogen (secondary N) is 1. The van der Waals surface area contributed by atoms with Gasteiger partial charge in [0.25, 0.3) is 10.0 Å². The highest BCUT2D eigenvalue weighted by Crippen LogP contribution is 2.26. The normalized spacial score (nSPS) is 12.0. The van der Waals surface area contributed by atoms with Crippen molar-refractivity contribution in [3.63, 3.8) is 0 Å². The highest BCUT2D eigenvalue weighted by molar-refractivity contribution is 7.98. The predicted molar refractivity (Wildman–Crippen MR) is 149 cm³/mol. The van der Waals surface area contributed by atoms with E-state index in [-0.39, 0.29) is 17.3 Å². The van der Waals surface area contributed by atoms with Crippen LogP contribution in [0.4, 0.5) is 5.69 Å². The Morgan fingerprint density at radius 2 is 1.68 bits per heavy atom. The molecule has 0 aromatic heterocycles. The van der Waals surface area contributed by atoms with E-state index < -0.39 is 28.5 Å². The van der Waals surface area contributed by atoms with Crippen molar-refractivity contribution in [2.45, 2.75) is 36.2 Å². The lowest BCUT2D eigenvalue weighted by molar-refractivity contribution is -0.139. The van der Waals surface area contributed by atoms with Gasteiger partial charge in [-0.25, -0.2) is 8.42 Å². The van der Waals surface area contributed by atoms with E-state index in [4.69, 9.17) is 11.6 Å². The third kappa shape index (κ3) is 7.06. The molecule has 0 aliphatic rings. The van der Waals surface area contributed by atoms with E-state index in [2.05, 4.69) is 5.32 Å². The highest BCUT2D eigenvalue weighted by Gasteiger charge is 2.32. The summed E-state index contributed by atoms with van der Waals surface area (Å²) in [7, 11) is -2.61. The summed E-state index contributed by atoms with van der Waals surface area (Å²) in [6.07, 6.45) is 1.91. The first-order chi connectivity index (χ1) is 17.6. The van der Waals surface area contributed by atoms with Crippen LogP contribution in [0.1, 0.15) is 18.1 Å². The van der Waals surface area contributed by atoms with Gasteiger partial charge in [0.05, 0.1) is 10.6 Å². The summed E-state index contributed by atoms with van der Waals surface area (Å²) in [4.78, 5) is 28.6. The maximum atomic E-state index is 13.8. The fraction of sp³-hybridized carbons (Fsp3) is 0.259. The van der Waals surface area contributed by atoms with E-state index in [0.29, 0.717) is 16.3 Å². The molecule has 0 aliphatic heterocycles. The van der Waals surface area contributed by atoms with Crippen LogP contribution in [0.15, 0.2) is 82.6 Å². The van der Waals surface area contributed by atoms with Crippen molar-refractivity contribution in [2.24, 2.45) is 0 Å². The third-order valence-corrected chi connectivity index (χ3v) is 8.67. The maximum Gasteiger partial charge on any atom is 0.264 e. The minimum Gasteiger partial charge on any atom is -0.357 e. The lowest BCUT2D eigenvalue weighted by Crippen LogP contribution is -2.50. The average molecular weight is 560 g/mol. The quantitative estimate of drug-likeness (QED) is 0.363. The van der Waals surface area contributed by atoms with Crippen LogP contribution in [0, 0.1) is 6.92 Å². The lowest BCUT2D eigenvalue weighted by Gasteiger charge is -2.31. The molecule has 3 rings (SSSR count). The molecule has 0 aliphatic carbocycles. The third-order valence-electron chi connectivity index (χ3n) is 5.90. The molecule has 0 fully saturated rings. The van der Waals surface area contributed by atoms with E-state index >= 15 is 0 Å². The molecule has 3 aromatic rings. The Morgan fingerprint density at radius 3 is 2.24 bits per heavy atom. The number of hydrogen-bond donors (Lipinski definition) is 1. The second kappa shape index (κ2) is 12.5. The monoisotopic (exact) mass is 559 g/mol. The second-order valence-corrected chi connectivity index (χ2v) is 11.6. The fourth-order valence-electron chi connectivity index (χ4n) is 3.74. The number of rotatable bonds is 10. The number of benzene rings is 3. The molecule has 3 aromatic carbocycles. The molecule has 37 heavy (non-hydrogen) atoms. The number of amides is 2. The number of likely N-dealkylation sites (N-methyl/N-ethyl adjacent to an activating group) is 1. The van der Waals surface area contributed by atoms with Crippen LogP contribution in [0.5, 0.6) is 0 Å². The number of aryl methyl sites for hydroxylation is 1. The SMILES string of the molecule is CNC(=O)[C@H](C)N(Cc1cccc(Cl)c1)C(=O)CN(c1ccc(C)cc1)S(=O)(=O)c1ccc(SC)cc1. The van der Waals surface area contributed by atoms with Crippen molar-refractivity contribution in [3.8, 4) is 0 Å². The number of carbonyl (C=O) groups excluding carboxylic acids is 2. The first kappa shape index (κ1) is 28.6. The Labute approximate surface area is 227 Å². The summed E-state index contributed by atoms with van der Waals surface area (Å²) in [6.45, 7) is 3.09. The van der Waals surface area contributed by atoms with Gasteiger partial charge in [-0.2, -0.15) is 0 Å². The zero-order chi connectivity index (χ0) is 27.2. The number of anilines is 1. The Kier molecular flexibility index (Phi) is 9.64. The zero-order valence-corrected chi connectivity index (χ0v) is 23.5. The minimum atomic E-state index is -4.10. The smallest absolute Gasteiger partial charge is 0.264 e. The van der Waals surface area contributed by atoms with Crippen molar-refractivity contribution < 1.29 is 18.0 Å². The Bertz CT molecular complexity index is 1350. The van der Waals surface area contributed by atoms with Crippen LogP contribution < -0.4 is 9.62 Å². The second-order valence-electron chi connectivity index (χ2n) is 8.46. The number of thioether (sulfide) groups is 1. The molecule has 2 amide bonds. The number of sulfonamides is 1. The van der Waals surface area contributed by atoms with Gasteiger partial charge in [0.15, 0.2) is 0 Å². The Morgan fingerprint density at radius 1 is 1.03 bits per heavy atom. The van der Waals surface area contributed by atoms with Crippen LogP contribution in [0.25, 0.3) is 0 Å². The number of nitrogens with zero attached hydrogens (tertiary/aromatic N) is 2. The molecule has 0 saturated carbocycles. The first-order valence-electron chi connectivity index (χ1n) is 11.6. The topological polar surface area (TPSA) is 86.8 Å². The molecule has 1 atom stereocenters. The number of hydrogen-bond acceptors (Lipinski definition) is 5. The van der Waals surface area contributed by atoms with Gasteiger partial charge in [0.2, 0.25) is 11.8 Å². The number of halogens is 1. The fourth-order valence-corrected chi connectivity index (χ4v) is 5.77. The molecule has 196 valence electrons. The molecule has 0 spiro atoms. The van der Waals surface area contributed by atoms with Gasteiger partial charge in [0, 0.05) is 23.5 Å².